The zero-order chi connectivity index (χ0) is 22.9. The zero-order valence-corrected chi connectivity index (χ0v) is 19.7. The topological polar surface area (TPSA) is 76.2 Å². The molecule has 3 aromatic rings. The van der Waals surface area contributed by atoms with Crippen LogP contribution in [0.2, 0.25) is 0 Å². The van der Waals surface area contributed by atoms with Crippen molar-refractivity contribution in [3.05, 3.63) is 75.8 Å². The lowest BCUT2D eigenvalue weighted by molar-refractivity contribution is 0.414. The van der Waals surface area contributed by atoms with Gasteiger partial charge >= 0.3 is 0 Å². The number of benzene rings is 1. The van der Waals surface area contributed by atoms with E-state index in [1.54, 1.807) is 4.68 Å². The minimum atomic E-state index is 0.162. The molecule has 1 aromatic carbocycles. The minimum absolute atomic E-state index is 0.162. The molecule has 33 heavy (non-hydrogen) atoms. The van der Waals surface area contributed by atoms with Gasteiger partial charge in [0.15, 0.2) is 5.49 Å². The highest BCUT2D eigenvalue weighted by molar-refractivity contribution is 5.90. The average molecular weight is 443 g/mol. The Kier molecular flexibility index (Phi) is 5.68. The highest BCUT2D eigenvalue weighted by Crippen LogP contribution is 2.35. The van der Waals surface area contributed by atoms with Crippen LogP contribution in [-0.4, -0.2) is 62.9 Å². The first-order valence-corrected chi connectivity index (χ1v) is 11.3. The molecule has 3 heterocycles. The van der Waals surface area contributed by atoms with Crippen molar-refractivity contribution in [2.45, 2.75) is 18.9 Å². The van der Waals surface area contributed by atoms with Crippen LogP contribution in [0.1, 0.15) is 17.5 Å². The summed E-state index contributed by atoms with van der Waals surface area (Å²) in [5.74, 6) is 0. The molecule has 2 aromatic heterocycles. The Morgan fingerprint density at radius 3 is 2.82 bits per heavy atom. The third kappa shape index (κ3) is 4.39. The molecular formula is C25H30N8. The lowest BCUT2D eigenvalue weighted by atomic mass is 9.85. The van der Waals surface area contributed by atoms with Gasteiger partial charge in [0.25, 0.3) is 0 Å². The maximum Gasteiger partial charge on any atom is 0.197 e. The van der Waals surface area contributed by atoms with Crippen LogP contribution in [0.5, 0.6) is 0 Å². The van der Waals surface area contributed by atoms with Crippen molar-refractivity contribution in [2.75, 3.05) is 32.5 Å². The maximum absolute atomic E-state index is 4.77. The highest BCUT2D eigenvalue weighted by atomic mass is 15.4. The fourth-order valence-corrected chi connectivity index (χ4v) is 4.50. The number of fused-ring (bicyclic) bond motifs is 1. The number of likely N-dealkylation sites (N-methyl/N-ethyl adjacent to an activating group) is 1. The predicted octanol–water partition coefficient (Wildman–Crippen LogP) is 1.33. The summed E-state index contributed by atoms with van der Waals surface area (Å²) in [5, 5.41) is 17.6. The van der Waals surface area contributed by atoms with E-state index in [4.69, 9.17) is 4.99 Å². The molecule has 0 spiro atoms. The predicted molar refractivity (Wildman–Crippen MR) is 130 cm³/mol. The summed E-state index contributed by atoms with van der Waals surface area (Å²) in [7, 11) is 8.09. The van der Waals surface area contributed by atoms with Gasteiger partial charge in [-0.2, -0.15) is 5.10 Å². The molecule has 0 fully saturated rings. The molecule has 0 radical (unpaired) electrons. The lowest BCUT2D eigenvalue weighted by Crippen LogP contribution is -2.29. The van der Waals surface area contributed by atoms with Gasteiger partial charge in [-0.05, 0) is 61.4 Å². The van der Waals surface area contributed by atoms with Crippen LogP contribution < -0.4 is 16.2 Å². The highest BCUT2D eigenvalue weighted by Gasteiger charge is 2.25. The number of anilines is 1. The fourth-order valence-electron chi connectivity index (χ4n) is 4.50. The Morgan fingerprint density at radius 2 is 2.03 bits per heavy atom. The maximum atomic E-state index is 4.77. The van der Waals surface area contributed by atoms with Crippen molar-refractivity contribution in [2.24, 2.45) is 19.1 Å². The van der Waals surface area contributed by atoms with Crippen LogP contribution in [0.4, 0.5) is 5.69 Å². The zero-order valence-electron chi connectivity index (χ0n) is 19.7. The van der Waals surface area contributed by atoms with Crippen LogP contribution in [0.15, 0.2) is 58.9 Å². The number of hydrogen-bond acceptors (Lipinski definition) is 6. The molecule has 8 nitrogen and oxygen atoms in total. The van der Waals surface area contributed by atoms with Crippen molar-refractivity contribution in [1.29, 1.82) is 0 Å². The molecule has 1 aliphatic carbocycles. The summed E-state index contributed by atoms with van der Waals surface area (Å²) in [6.45, 7) is 1.64. The van der Waals surface area contributed by atoms with Gasteiger partial charge in [-0.3, -0.25) is 9.67 Å². The van der Waals surface area contributed by atoms with Crippen molar-refractivity contribution in [3.8, 4) is 0 Å². The average Bonchev–Trinajstić information content (AvgIpc) is 3.32. The van der Waals surface area contributed by atoms with E-state index >= 15 is 0 Å². The van der Waals surface area contributed by atoms with Gasteiger partial charge in [0.05, 0.1) is 12.7 Å². The van der Waals surface area contributed by atoms with Crippen LogP contribution in [0.3, 0.4) is 0 Å². The van der Waals surface area contributed by atoms with Crippen molar-refractivity contribution in [3.63, 3.8) is 0 Å². The number of para-hydroxylation sites is 1. The molecule has 0 bridgehead atoms. The van der Waals surface area contributed by atoms with Gasteiger partial charge in [-0.1, -0.05) is 29.5 Å². The van der Waals surface area contributed by atoms with Gasteiger partial charge in [0.2, 0.25) is 0 Å². The molecule has 0 saturated heterocycles. The molecular weight excluding hydrogens is 412 g/mol. The number of nitrogens with zero attached hydrogens (tertiary/aromatic N) is 7. The summed E-state index contributed by atoms with van der Waals surface area (Å²) in [5.41, 5.74) is 8.02. The van der Waals surface area contributed by atoms with E-state index in [1.165, 1.54) is 28.0 Å². The smallest absolute Gasteiger partial charge is 0.197 e. The second-order valence-corrected chi connectivity index (χ2v) is 9.05. The molecule has 170 valence electrons. The standard InChI is InChI=1S/C25H30N8/c1-31(2)10-9-17-7-5-6-8-23(17)28-20-11-18-14-26-25-24(33(4)30-29-25)13-22(18)21(12-20)19-15-27-32(3)16-19/h5-8,12-13,15-16,20,28H,9-11,14H2,1-4H3. The van der Waals surface area contributed by atoms with Gasteiger partial charge in [-0.25, -0.2) is 4.68 Å². The Hall–Kier alpha value is -3.52. The number of hydrogen-bond donors (Lipinski definition) is 1. The number of nitrogens with one attached hydrogen (secondary N) is 1. The number of aryl methyl sites for hydroxylation is 2. The monoisotopic (exact) mass is 442 g/mol. The van der Waals surface area contributed by atoms with Crippen molar-refractivity contribution < 1.29 is 0 Å². The largest absolute Gasteiger partial charge is 0.378 e. The quantitative estimate of drug-likeness (QED) is 0.623. The van der Waals surface area contributed by atoms with Crippen molar-refractivity contribution >= 4 is 17.3 Å². The van der Waals surface area contributed by atoms with Gasteiger partial charge in [0.1, 0.15) is 5.35 Å². The van der Waals surface area contributed by atoms with Crippen LogP contribution in [-0.2, 0) is 20.5 Å². The van der Waals surface area contributed by atoms with E-state index in [0.717, 1.165) is 30.3 Å². The van der Waals surface area contributed by atoms with Gasteiger partial charge < -0.3 is 10.2 Å². The number of rotatable bonds is 6. The molecule has 8 heteroatoms. The molecule has 0 saturated carbocycles. The lowest BCUT2D eigenvalue weighted by Gasteiger charge is -2.27. The normalized spacial score (nSPS) is 17.6. The fraction of sp³-hybridized carbons (Fsp3) is 0.360. The molecule has 1 N–H and O–H groups in total. The number of allylic oxidation sites excluding steroid dienone is 2. The second kappa shape index (κ2) is 8.78. The molecule has 1 atom stereocenters. The minimum Gasteiger partial charge on any atom is -0.378 e. The van der Waals surface area contributed by atoms with E-state index < -0.39 is 0 Å². The van der Waals surface area contributed by atoms with E-state index in [0.29, 0.717) is 12.0 Å². The second-order valence-electron chi connectivity index (χ2n) is 9.05. The molecule has 5 rings (SSSR count). The first-order valence-electron chi connectivity index (χ1n) is 11.3. The van der Waals surface area contributed by atoms with Crippen LogP contribution in [0, 0.1) is 0 Å². The summed E-state index contributed by atoms with van der Waals surface area (Å²) in [6, 6.07) is 8.78. The Balaban J connectivity index is 1.53. The van der Waals surface area contributed by atoms with Crippen molar-refractivity contribution in [1.82, 2.24) is 29.7 Å². The first kappa shape index (κ1) is 21.3. The Morgan fingerprint density at radius 1 is 1.18 bits per heavy atom. The van der Waals surface area contributed by atoms with Gasteiger partial charge in [0, 0.05) is 44.1 Å². The third-order valence-corrected chi connectivity index (χ3v) is 6.26. The number of aromatic nitrogens is 5. The Labute approximate surface area is 193 Å². The first-order chi connectivity index (χ1) is 16.0. The summed E-state index contributed by atoms with van der Waals surface area (Å²) >= 11 is 0. The summed E-state index contributed by atoms with van der Waals surface area (Å²) < 4.78 is 3.64. The molecule has 0 amide bonds. The summed E-state index contributed by atoms with van der Waals surface area (Å²) in [6.07, 6.45) is 10.4. The van der Waals surface area contributed by atoms with Crippen LogP contribution in [0.25, 0.3) is 11.6 Å². The van der Waals surface area contributed by atoms with E-state index in [2.05, 4.69) is 82.3 Å². The summed E-state index contributed by atoms with van der Waals surface area (Å²) in [4.78, 5) is 6.99. The molecule has 1 unspecified atom stereocenters. The van der Waals surface area contributed by atoms with E-state index in [1.807, 2.05) is 25.0 Å². The third-order valence-electron chi connectivity index (χ3n) is 6.26. The molecule has 2 aliphatic rings. The van der Waals surface area contributed by atoms with Gasteiger partial charge in [-0.15, -0.1) is 5.10 Å². The SMILES string of the molecule is CN(C)CCc1ccccc1NC1C=C(c2cnn(C)c2)C2=C(CN=c3nnn(C)c3=C2)C1. The van der Waals surface area contributed by atoms with E-state index in [-0.39, 0.29) is 6.04 Å². The van der Waals surface area contributed by atoms with E-state index in [9.17, 15) is 0 Å². The molecule has 1 aliphatic heterocycles. The van der Waals surface area contributed by atoms with Crippen LogP contribution >= 0.6 is 0 Å². The Bertz CT molecular complexity index is 1350.